The molecule has 0 bridgehead atoms. The zero-order valence-electron chi connectivity index (χ0n) is 15.2. The van der Waals surface area contributed by atoms with E-state index in [0.717, 1.165) is 5.56 Å². The quantitative estimate of drug-likeness (QED) is 0.556. The van der Waals surface area contributed by atoms with E-state index < -0.39 is 6.04 Å². The monoisotopic (exact) mass is 349 g/mol. The first kappa shape index (κ1) is 20.6. The Kier molecular flexibility index (Phi) is 8.63. The maximum Gasteiger partial charge on any atom is 0.293 e. The molecule has 3 N–H and O–H groups in total. The van der Waals surface area contributed by atoms with Crippen LogP contribution < -0.4 is 16.0 Å². The third kappa shape index (κ3) is 6.93. The predicted octanol–water partition coefficient (Wildman–Crippen LogP) is 1.44. The Hall–Kier alpha value is -2.41. The number of anilines is 1. The molecule has 0 aliphatic heterocycles. The van der Waals surface area contributed by atoms with Crippen molar-refractivity contribution in [1.29, 1.82) is 0 Å². The van der Waals surface area contributed by atoms with Gasteiger partial charge >= 0.3 is 0 Å². The molecule has 1 rings (SSSR count). The number of hydrogen-bond donors (Lipinski definition) is 3. The highest BCUT2D eigenvalue weighted by molar-refractivity contribution is 5.97. The van der Waals surface area contributed by atoms with Crippen molar-refractivity contribution in [2.24, 2.45) is 5.92 Å². The van der Waals surface area contributed by atoms with Crippen LogP contribution in [0.1, 0.15) is 33.3 Å². The molecule has 2 amide bonds. The largest absolute Gasteiger partial charge is 0.463 e. The highest BCUT2D eigenvalue weighted by Crippen LogP contribution is 2.11. The van der Waals surface area contributed by atoms with Gasteiger partial charge in [-0.15, -0.1) is 0 Å². The Morgan fingerprint density at radius 3 is 2.28 bits per heavy atom. The van der Waals surface area contributed by atoms with Crippen molar-refractivity contribution in [3.63, 3.8) is 0 Å². The van der Waals surface area contributed by atoms with Crippen LogP contribution in [0, 0.1) is 5.92 Å². The standard InChI is InChI=1S/C18H27N3O4/c1-5-19-16(12(2)3)18(24)20-13(4)17(23)21-15-8-6-14(7-9-15)10-25-11-22/h6-9,11-13,16,19H,5,10H2,1-4H3,(H,20,24)(H,21,23)/t13-,16-/m0/s1. The van der Waals surface area contributed by atoms with Crippen LogP contribution in [-0.2, 0) is 25.7 Å². The second-order valence-corrected chi connectivity index (χ2v) is 6.10. The van der Waals surface area contributed by atoms with Crippen molar-refractivity contribution in [2.45, 2.75) is 46.4 Å². The molecule has 0 fully saturated rings. The normalized spacial score (nSPS) is 13.0. The number of hydrogen-bond acceptors (Lipinski definition) is 5. The molecule has 1 aromatic rings. The van der Waals surface area contributed by atoms with Crippen molar-refractivity contribution in [1.82, 2.24) is 10.6 Å². The molecule has 7 heteroatoms. The van der Waals surface area contributed by atoms with Crippen molar-refractivity contribution in [3.05, 3.63) is 29.8 Å². The Balaban J connectivity index is 2.58. The molecular formula is C18H27N3O4. The summed E-state index contributed by atoms with van der Waals surface area (Å²) < 4.78 is 4.66. The van der Waals surface area contributed by atoms with Gasteiger partial charge in [0.25, 0.3) is 6.47 Å². The first-order valence-corrected chi connectivity index (χ1v) is 8.37. The Bertz CT molecular complexity index is 572. The number of amides is 2. The third-order valence-electron chi connectivity index (χ3n) is 3.66. The molecule has 1 aromatic carbocycles. The van der Waals surface area contributed by atoms with Gasteiger partial charge in [-0.3, -0.25) is 14.4 Å². The van der Waals surface area contributed by atoms with Gasteiger partial charge in [-0.25, -0.2) is 0 Å². The van der Waals surface area contributed by atoms with Crippen molar-refractivity contribution < 1.29 is 19.1 Å². The summed E-state index contributed by atoms with van der Waals surface area (Å²) in [6.07, 6.45) is 0. The molecule has 138 valence electrons. The lowest BCUT2D eigenvalue weighted by Crippen LogP contribution is -2.52. The topological polar surface area (TPSA) is 96.5 Å². The number of ether oxygens (including phenoxy) is 1. The fourth-order valence-electron chi connectivity index (χ4n) is 2.28. The minimum absolute atomic E-state index is 0.122. The van der Waals surface area contributed by atoms with Gasteiger partial charge in [0, 0.05) is 5.69 Å². The lowest BCUT2D eigenvalue weighted by molar-refractivity contribution is -0.129. The second kappa shape index (κ2) is 10.5. The molecule has 7 nitrogen and oxygen atoms in total. The first-order chi connectivity index (χ1) is 11.9. The van der Waals surface area contributed by atoms with E-state index in [-0.39, 0.29) is 30.4 Å². The molecule has 0 aliphatic rings. The van der Waals surface area contributed by atoms with Gasteiger partial charge in [0.05, 0.1) is 6.04 Å². The Morgan fingerprint density at radius 2 is 1.76 bits per heavy atom. The SMILES string of the molecule is CCN[C@H](C(=O)N[C@@H](C)C(=O)Nc1ccc(COC=O)cc1)C(C)C. The average Bonchev–Trinajstić information content (AvgIpc) is 2.58. The van der Waals surface area contributed by atoms with Gasteiger partial charge in [-0.1, -0.05) is 32.9 Å². The van der Waals surface area contributed by atoms with Gasteiger partial charge in [-0.05, 0) is 37.1 Å². The van der Waals surface area contributed by atoms with Crippen molar-refractivity contribution in [3.8, 4) is 0 Å². The summed E-state index contributed by atoms with van der Waals surface area (Å²) in [5, 5.41) is 8.60. The summed E-state index contributed by atoms with van der Waals surface area (Å²) in [4.78, 5) is 34.7. The molecule has 0 aliphatic carbocycles. The number of nitrogens with one attached hydrogen (secondary N) is 3. The van der Waals surface area contributed by atoms with Crippen LogP contribution in [-0.4, -0.2) is 36.9 Å². The van der Waals surface area contributed by atoms with Crippen molar-refractivity contribution in [2.75, 3.05) is 11.9 Å². The van der Waals surface area contributed by atoms with E-state index >= 15 is 0 Å². The average molecular weight is 349 g/mol. The van der Waals surface area contributed by atoms with Gasteiger partial charge in [0.15, 0.2) is 0 Å². The minimum atomic E-state index is -0.662. The minimum Gasteiger partial charge on any atom is -0.463 e. The maximum atomic E-state index is 12.3. The fraction of sp³-hybridized carbons (Fsp3) is 0.500. The summed E-state index contributed by atoms with van der Waals surface area (Å²) in [6, 6.07) is 5.93. The first-order valence-electron chi connectivity index (χ1n) is 8.37. The van der Waals surface area contributed by atoms with E-state index in [4.69, 9.17) is 0 Å². The number of benzene rings is 1. The number of likely N-dealkylation sites (N-methyl/N-ethyl adjacent to an activating group) is 1. The van der Waals surface area contributed by atoms with E-state index in [1.807, 2.05) is 20.8 Å². The smallest absolute Gasteiger partial charge is 0.293 e. The molecule has 0 aromatic heterocycles. The van der Waals surface area contributed by atoms with Gasteiger partial charge in [-0.2, -0.15) is 0 Å². The third-order valence-corrected chi connectivity index (χ3v) is 3.66. The highest BCUT2D eigenvalue weighted by atomic mass is 16.5. The molecule has 25 heavy (non-hydrogen) atoms. The highest BCUT2D eigenvalue weighted by Gasteiger charge is 2.24. The van der Waals surface area contributed by atoms with Crippen LogP contribution in [0.4, 0.5) is 5.69 Å². The Labute approximate surface area is 148 Å². The molecule has 0 heterocycles. The predicted molar refractivity (Wildman–Crippen MR) is 95.8 cm³/mol. The van der Waals surface area contributed by atoms with E-state index in [0.29, 0.717) is 18.7 Å². The fourth-order valence-corrected chi connectivity index (χ4v) is 2.28. The van der Waals surface area contributed by atoms with Crippen LogP contribution in [0.25, 0.3) is 0 Å². The van der Waals surface area contributed by atoms with Crippen LogP contribution in [0.2, 0.25) is 0 Å². The lowest BCUT2D eigenvalue weighted by Gasteiger charge is -2.23. The van der Waals surface area contributed by atoms with E-state index in [1.54, 1.807) is 31.2 Å². The van der Waals surface area contributed by atoms with E-state index in [2.05, 4.69) is 20.7 Å². The lowest BCUT2D eigenvalue weighted by atomic mass is 10.0. The second-order valence-electron chi connectivity index (χ2n) is 6.10. The summed E-state index contributed by atoms with van der Waals surface area (Å²) in [5.41, 5.74) is 1.42. The molecule has 0 saturated heterocycles. The number of carbonyl (C=O) groups excluding carboxylic acids is 3. The van der Waals surface area contributed by atoms with Gasteiger partial charge in [0.1, 0.15) is 12.6 Å². The Morgan fingerprint density at radius 1 is 1.12 bits per heavy atom. The van der Waals surface area contributed by atoms with E-state index in [1.165, 1.54) is 0 Å². The van der Waals surface area contributed by atoms with Crippen LogP contribution >= 0.6 is 0 Å². The van der Waals surface area contributed by atoms with Gasteiger partial charge < -0.3 is 20.7 Å². The molecule has 0 radical (unpaired) electrons. The molecule has 0 saturated carbocycles. The molecule has 2 atom stereocenters. The summed E-state index contributed by atoms with van der Waals surface area (Å²) in [5.74, 6) is -0.374. The van der Waals surface area contributed by atoms with Crippen LogP contribution in [0.3, 0.4) is 0 Å². The molecule has 0 spiro atoms. The van der Waals surface area contributed by atoms with E-state index in [9.17, 15) is 14.4 Å². The number of carbonyl (C=O) groups is 3. The zero-order valence-corrected chi connectivity index (χ0v) is 15.2. The summed E-state index contributed by atoms with van der Waals surface area (Å²) >= 11 is 0. The maximum absolute atomic E-state index is 12.3. The summed E-state index contributed by atoms with van der Waals surface area (Å²) in [6.45, 7) is 8.73. The summed E-state index contributed by atoms with van der Waals surface area (Å²) in [7, 11) is 0. The van der Waals surface area contributed by atoms with Crippen molar-refractivity contribution >= 4 is 24.0 Å². The molecule has 0 unspecified atom stereocenters. The number of rotatable bonds is 10. The van der Waals surface area contributed by atoms with Crippen LogP contribution in [0.5, 0.6) is 0 Å². The van der Waals surface area contributed by atoms with Crippen LogP contribution in [0.15, 0.2) is 24.3 Å². The van der Waals surface area contributed by atoms with Gasteiger partial charge in [0.2, 0.25) is 11.8 Å². The zero-order chi connectivity index (χ0) is 18.8. The molecular weight excluding hydrogens is 322 g/mol.